The van der Waals surface area contributed by atoms with Crippen LogP contribution < -0.4 is 10.1 Å². The first-order valence-electron chi connectivity index (χ1n) is 5.76. The molecule has 0 aliphatic carbocycles. The number of methoxy groups -OCH3 is 1. The van der Waals surface area contributed by atoms with Gasteiger partial charge in [-0.05, 0) is 30.5 Å². The van der Waals surface area contributed by atoms with Gasteiger partial charge in [0.25, 0.3) is 0 Å². The minimum absolute atomic E-state index is 0.0132. The average Bonchev–Trinajstić information content (AvgIpc) is 2.24. The zero-order valence-electron chi connectivity index (χ0n) is 11.3. The summed E-state index contributed by atoms with van der Waals surface area (Å²) < 4.78 is 5.36. The van der Waals surface area contributed by atoms with Crippen LogP contribution in [0.1, 0.15) is 33.3 Å². The largest absolute Gasteiger partial charge is 0.496 e. The summed E-state index contributed by atoms with van der Waals surface area (Å²) in [5.41, 5.74) is 2.10. The van der Waals surface area contributed by atoms with Crippen molar-refractivity contribution in [2.24, 2.45) is 0 Å². The number of ketones is 1. The number of benzene rings is 1. The second-order valence-electron chi connectivity index (χ2n) is 5.22. The normalized spacial score (nSPS) is 11.1. The number of carbonyl (C=O) groups is 1. The SMILES string of the molecule is COc1ccc(NCC(C)=O)cc1C(C)(C)C. The highest BCUT2D eigenvalue weighted by atomic mass is 16.5. The Kier molecular flexibility index (Phi) is 4.16. The molecule has 3 heteroatoms. The van der Waals surface area contributed by atoms with Crippen molar-refractivity contribution >= 4 is 11.5 Å². The molecule has 0 atom stereocenters. The van der Waals surface area contributed by atoms with Crippen molar-refractivity contribution in [2.45, 2.75) is 33.1 Å². The zero-order chi connectivity index (χ0) is 13.1. The van der Waals surface area contributed by atoms with E-state index in [1.807, 2.05) is 18.2 Å². The lowest BCUT2D eigenvalue weighted by Gasteiger charge is -2.23. The van der Waals surface area contributed by atoms with Gasteiger partial charge in [0.1, 0.15) is 11.5 Å². The molecule has 1 rings (SSSR count). The number of ether oxygens (including phenoxy) is 1. The van der Waals surface area contributed by atoms with E-state index in [4.69, 9.17) is 4.74 Å². The molecule has 0 fully saturated rings. The molecule has 0 radical (unpaired) electrons. The molecule has 1 N–H and O–H groups in total. The minimum Gasteiger partial charge on any atom is -0.496 e. The number of anilines is 1. The van der Waals surface area contributed by atoms with Crippen molar-refractivity contribution in [2.75, 3.05) is 19.0 Å². The molecule has 0 bridgehead atoms. The molecular weight excluding hydrogens is 214 g/mol. The van der Waals surface area contributed by atoms with Gasteiger partial charge in [-0.25, -0.2) is 0 Å². The maximum atomic E-state index is 10.9. The maximum absolute atomic E-state index is 10.9. The molecule has 1 aromatic carbocycles. The number of nitrogens with one attached hydrogen (secondary N) is 1. The summed E-state index contributed by atoms with van der Waals surface area (Å²) in [7, 11) is 1.67. The first-order chi connectivity index (χ1) is 7.84. The van der Waals surface area contributed by atoms with Crippen molar-refractivity contribution < 1.29 is 9.53 Å². The Morgan fingerprint density at radius 2 is 2.00 bits per heavy atom. The molecule has 17 heavy (non-hydrogen) atoms. The quantitative estimate of drug-likeness (QED) is 0.872. The fourth-order valence-electron chi connectivity index (χ4n) is 1.63. The van der Waals surface area contributed by atoms with Gasteiger partial charge in [0.2, 0.25) is 0 Å². The van der Waals surface area contributed by atoms with E-state index in [0.717, 1.165) is 17.0 Å². The molecule has 0 aromatic heterocycles. The van der Waals surface area contributed by atoms with Gasteiger partial charge in [-0.15, -0.1) is 0 Å². The predicted octanol–water partition coefficient (Wildman–Crippen LogP) is 2.99. The molecule has 0 saturated heterocycles. The van der Waals surface area contributed by atoms with Crippen LogP contribution in [-0.2, 0) is 10.2 Å². The molecule has 0 aliphatic heterocycles. The van der Waals surface area contributed by atoms with Crippen LogP contribution in [0.3, 0.4) is 0 Å². The molecular formula is C14H21NO2. The molecule has 0 unspecified atom stereocenters. The lowest BCUT2D eigenvalue weighted by Crippen LogP contribution is -2.15. The third-order valence-corrected chi connectivity index (χ3v) is 2.55. The van der Waals surface area contributed by atoms with Crippen LogP contribution >= 0.6 is 0 Å². The van der Waals surface area contributed by atoms with E-state index >= 15 is 0 Å². The van der Waals surface area contributed by atoms with Crippen LogP contribution in [0.15, 0.2) is 18.2 Å². The minimum atomic E-state index is 0.0132. The van der Waals surface area contributed by atoms with Gasteiger partial charge in [-0.1, -0.05) is 20.8 Å². The molecule has 0 spiro atoms. The topological polar surface area (TPSA) is 38.3 Å². The summed E-state index contributed by atoms with van der Waals surface area (Å²) in [6.45, 7) is 8.34. The second kappa shape index (κ2) is 5.21. The Labute approximate surface area is 103 Å². The zero-order valence-corrected chi connectivity index (χ0v) is 11.3. The molecule has 0 saturated carbocycles. The maximum Gasteiger partial charge on any atom is 0.148 e. The Bertz CT molecular complexity index is 405. The van der Waals surface area contributed by atoms with Gasteiger partial charge < -0.3 is 10.1 Å². The first kappa shape index (κ1) is 13.6. The van der Waals surface area contributed by atoms with Gasteiger partial charge in [-0.2, -0.15) is 0 Å². The van der Waals surface area contributed by atoms with Crippen molar-refractivity contribution in [3.8, 4) is 5.75 Å². The van der Waals surface area contributed by atoms with E-state index in [9.17, 15) is 4.79 Å². The fourth-order valence-corrected chi connectivity index (χ4v) is 1.63. The molecule has 94 valence electrons. The summed E-state index contributed by atoms with van der Waals surface area (Å²) in [6.07, 6.45) is 0. The highest BCUT2D eigenvalue weighted by molar-refractivity contribution is 5.80. The summed E-state index contributed by atoms with van der Waals surface area (Å²) in [4.78, 5) is 10.9. The first-order valence-corrected chi connectivity index (χ1v) is 5.76. The summed E-state index contributed by atoms with van der Waals surface area (Å²) in [5, 5.41) is 3.10. The number of hydrogen-bond acceptors (Lipinski definition) is 3. The molecule has 0 heterocycles. The Hall–Kier alpha value is -1.51. The van der Waals surface area contributed by atoms with E-state index in [-0.39, 0.29) is 11.2 Å². The second-order valence-corrected chi connectivity index (χ2v) is 5.22. The van der Waals surface area contributed by atoms with Gasteiger partial charge in [0.05, 0.1) is 13.7 Å². The van der Waals surface area contributed by atoms with E-state index in [0.29, 0.717) is 6.54 Å². The van der Waals surface area contributed by atoms with Gasteiger partial charge in [0, 0.05) is 11.3 Å². The van der Waals surface area contributed by atoms with Crippen LogP contribution in [0.4, 0.5) is 5.69 Å². The van der Waals surface area contributed by atoms with E-state index in [2.05, 4.69) is 26.1 Å². The smallest absolute Gasteiger partial charge is 0.148 e. The van der Waals surface area contributed by atoms with E-state index < -0.39 is 0 Å². The van der Waals surface area contributed by atoms with Crippen LogP contribution in [-0.4, -0.2) is 19.4 Å². The van der Waals surface area contributed by atoms with Gasteiger partial charge >= 0.3 is 0 Å². The third-order valence-electron chi connectivity index (χ3n) is 2.55. The molecule has 1 aromatic rings. The van der Waals surface area contributed by atoms with Crippen LogP contribution in [0, 0.1) is 0 Å². The number of Topliss-reactive ketones (excluding diaryl/α,β-unsaturated/α-hetero) is 1. The molecule has 3 nitrogen and oxygen atoms in total. The summed E-state index contributed by atoms with van der Waals surface area (Å²) >= 11 is 0. The lowest BCUT2D eigenvalue weighted by atomic mass is 9.86. The van der Waals surface area contributed by atoms with Crippen molar-refractivity contribution in [3.05, 3.63) is 23.8 Å². The summed E-state index contributed by atoms with van der Waals surface area (Å²) in [5.74, 6) is 1.00. The Morgan fingerprint density at radius 3 is 2.47 bits per heavy atom. The van der Waals surface area contributed by atoms with Gasteiger partial charge in [0.15, 0.2) is 0 Å². The standard InChI is InChI=1S/C14H21NO2/c1-10(16)9-15-11-6-7-13(17-5)12(8-11)14(2,3)4/h6-8,15H,9H2,1-5H3. The van der Waals surface area contributed by atoms with Crippen LogP contribution in [0.2, 0.25) is 0 Å². The average molecular weight is 235 g/mol. The molecule has 0 amide bonds. The highest BCUT2D eigenvalue weighted by Gasteiger charge is 2.19. The number of rotatable bonds is 4. The Morgan fingerprint density at radius 1 is 1.35 bits per heavy atom. The number of carbonyl (C=O) groups excluding carboxylic acids is 1. The van der Waals surface area contributed by atoms with Crippen molar-refractivity contribution in [3.63, 3.8) is 0 Å². The number of hydrogen-bond donors (Lipinski definition) is 1. The monoisotopic (exact) mass is 235 g/mol. The molecule has 0 aliphatic rings. The van der Waals surface area contributed by atoms with Crippen LogP contribution in [0.5, 0.6) is 5.75 Å². The van der Waals surface area contributed by atoms with E-state index in [1.54, 1.807) is 14.0 Å². The lowest BCUT2D eigenvalue weighted by molar-refractivity contribution is -0.115. The van der Waals surface area contributed by atoms with Crippen molar-refractivity contribution in [1.82, 2.24) is 0 Å². The summed E-state index contributed by atoms with van der Waals surface area (Å²) in [6, 6.07) is 5.90. The van der Waals surface area contributed by atoms with Crippen molar-refractivity contribution in [1.29, 1.82) is 0 Å². The predicted molar refractivity (Wildman–Crippen MR) is 70.9 cm³/mol. The van der Waals surface area contributed by atoms with Crippen LogP contribution in [0.25, 0.3) is 0 Å². The third kappa shape index (κ3) is 3.77. The Balaban J connectivity index is 3.01. The fraction of sp³-hybridized carbons (Fsp3) is 0.500. The van der Waals surface area contributed by atoms with E-state index in [1.165, 1.54) is 0 Å². The highest BCUT2D eigenvalue weighted by Crippen LogP contribution is 2.33. The van der Waals surface area contributed by atoms with Gasteiger partial charge in [-0.3, -0.25) is 4.79 Å².